The van der Waals surface area contributed by atoms with Gasteiger partial charge in [-0.05, 0) is 24.5 Å². The first-order valence-corrected chi connectivity index (χ1v) is 7.15. The average Bonchev–Trinajstić information content (AvgIpc) is 2.45. The minimum absolute atomic E-state index is 0.0492. The zero-order valence-corrected chi connectivity index (χ0v) is 12.4. The molecular formula is C14H18ClN3O2. The summed E-state index contributed by atoms with van der Waals surface area (Å²) in [5.74, 6) is -0.143. The number of carbonyl (C=O) groups excluding carboxylic acids is 2. The van der Waals surface area contributed by atoms with E-state index in [9.17, 15) is 9.59 Å². The van der Waals surface area contributed by atoms with Gasteiger partial charge in [-0.3, -0.25) is 14.6 Å². The first-order chi connectivity index (χ1) is 9.58. The number of aromatic nitrogens is 1. The van der Waals surface area contributed by atoms with Crippen LogP contribution in [0, 0.1) is 0 Å². The van der Waals surface area contributed by atoms with E-state index < -0.39 is 12.1 Å². The van der Waals surface area contributed by atoms with E-state index in [4.69, 9.17) is 11.6 Å². The van der Waals surface area contributed by atoms with Crippen molar-refractivity contribution in [2.45, 2.75) is 45.3 Å². The van der Waals surface area contributed by atoms with Crippen LogP contribution in [0.5, 0.6) is 0 Å². The summed E-state index contributed by atoms with van der Waals surface area (Å²) in [5, 5.41) is 3.28. The molecule has 2 rings (SSSR count). The lowest BCUT2D eigenvalue weighted by Crippen LogP contribution is -2.62. The molecule has 0 aromatic carbocycles. The molecule has 2 unspecified atom stereocenters. The van der Waals surface area contributed by atoms with Crippen molar-refractivity contribution in [3.8, 4) is 0 Å². The lowest BCUT2D eigenvalue weighted by atomic mass is 10.0. The Balaban J connectivity index is 2.27. The molecule has 0 aliphatic carbocycles. The van der Waals surface area contributed by atoms with E-state index >= 15 is 0 Å². The van der Waals surface area contributed by atoms with Crippen LogP contribution in [0.3, 0.4) is 0 Å². The molecule has 1 aromatic heterocycles. The fourth-order valence-electron chi connectivity index (χ4n) is 2.41. The predicted molar refractivity (Wildman–Crippen MR) is 76.1 cm³/mol. The van der Waals surface area contributed by atoms with E-state index in [1.54, 1.807) is 23.4 Å². The molecule has 2 atom stereocenters. The summed E-state index contributed by atoms with van der Waals surface area (Å²) in [4.78, 5) is 30.1. The highest BCUT2D eigenvalue weighted by molar-refractivity contribution is 6.31. The summed E-state index contributed by atoms with van der Waals surface area (Å²) in [7, 11) is 0. The van der Waals surface area contributed by atoms with Gasteiger partial charge in [-0.1, -0.05) is 25.4 Å². The Labute approximate surface area is 123 Å². The van der Waals surface area contributed by atoms with Crippen molar-refractivity contribution in [3.05, 3.63) is 29.0 Å². The normalized spacial score (nSPS) is 22.9. The number of hydrogen-bond donors (Lipinski definition) is 1. The Kier molecular flexibility index (Phi) is 4.60. The molecule has 1 aliphatic rings. The molecule has 1 fully saturated rings. The standard InChI is InChI=1S/C14H18ClN3O2/c1-3-11-14(20)18(12(4-2)13(19)17-11)8-9-5-6-16-7-10(9)15/h5-7,11-12H,3-4,8H2,1-2H3,(H,17,19). The van der Waals surface area contributed by atoms with Gasteiger partial charge in [0.1, 0.15) is 12.1 Å². The summed E-state index contributed by atoms with van der Waals surface area (Å²) in [6.45, 7) is 4.11. The highest BCUT2D eigenvalue weighted by atomic mass is 35.5. The lowest BCUT2D eigenvalue weighted by Gasteiger charge is -2.38. The van der Waals surface area contributed by atoms with Crippen molar-refractivity contribution >= 4 is 23.4 Å². The van der Waals surface area contributed by atoms with Gasteiger partial charge in [0.25, 0.3) is 0 Å². The molecule has 0 bridgehead atoms. The summed E-state index contributed by atoms with van der Waals surface area (Å²) in [6.07, 6.45) is 4.34. The van der Waals surface area contributed by atoms with Crippen molar-refractivity contribution in [1.29, 1.82) is 0 Å². The molecule has 2 amide bonds. The van der Waals surface area contributed by atoms with Crippen LogP contribution < -0.4 is 5.32 Å². The Morgan fingerprint density at radius 1 is 1.35 bits per heavy atom. The molecule has 0 radical (unpaired) electrons. The van der Waals surface area contributed by atoms with Crippen LogP contribution in [0.1, 0.15) is 32.3 Å². The quantitative estimate of drug-likeness (QED) is 0.920. The third kappa shape index (κ3) is 2.77. The molecular weight excluding hydrogens is 278 g/mol. The molecule has 0 saturated carbocycles. The summed E-state index contributed by atoms with van der Waals surface area (Å²) < 4.78 is 0. The Morgan fingerprint density at radius 2 is 2.10 bits per heavy atom. The average molecular weight is 296 g/mol. The molecule has 108 valence electrons. The minimum Gasteiger partial charge on any atom is -0.343 e. The maximum atomic E-state index is 12.4. The summed E-state index contributed by atoms with van der Waals surface area (Å²) >= 11 is 6.09. The zero-order chi connectivity index (χ0) is 14.7. The van der Waals surface area contributed by atoms with E-state index in [2.05, 4.69) is 10.3 Å². The van der Waals surface area contributed by atoms with E-state index in [-0.39, 0.29) is 11.8 Å². The molecule has 6 heteroatoms. The van der Waals surface area contributed by atoms with Gasteiger partial charge in [0.2, 0.25) is 11.8 Å². The van der Waals surface area contributed by atoms with Crippen molar-refractivity contribution in [2.75, 3.05) is 0 Å². The third-order valence-corrected chi connectivity index (χ3v) is 3.91. The lowest BCUT2D eigenvalue weighted by molar-refractivity contribution is -0.150. The second-order valence-corrected chi connectivity index (χ2v) is 5.23. The van der Waals surface area contributed by atoms with Gasteiger partial charge in [-0.2, -0.15) is 0 Å². The van der Waals surface area contributed by atoms with Gasteiger partial charge in [-0.15, -0.1) is 0 Å². The van der Waals surface area contributed by atoms with E-state index in [1.165, 1.54) is 0 Å². The largest absolute Gasteiger partial charge is 0.343 e. The number of nitrogens with one attached hydrogen (secondary N) is 1. The molecule has 0 spiro atoms. The molecule has 5 nitrogen and oxygen atoms in total. The predicted octanol–water partition coefficient (Wildman–Crippen LogP) is 1.75. The van der Waals surface area contributed by atoms with Gasteiger partial charge in [0.15, 0.2) is 0 Å². The molecule has 2 heterocycles. The van der Waals surface area contributed by atoms with Crippen LogP contribution in [0.15, 0.2) is 18.5 Å². The monoisotopic (exact) mass is 295 g/mol. The highest BCUT2D eigenvalue weighted by Crippen LogP contribution is 2.21. The first kappa shape index (κ1) is 14.8. The Morgan fingerprint density at radius 3 is 2.70 bits per heavy atom. The van der Waals surface area contributed by atoms with Crippen LogP contribution in [0.25, 0.3) is 0 Å². The maximum absolute atomic E-state index is 12.4. The number of pyridine rings is 1. The number of halogens is 1. The third-order valence-electron chi connectivity index (χ3n) is 3.57. The van der Waals surface area contributed by atoms with Crippen LogP contribution >= 0.6 is 11.6 Å². The van der Waals surface area contributed by atoms with Crippen molar-refractivity contribution in [1.82, 2.24) is 15.2 Å². The Hall–Kier alpha value is -1.62. The Bertz CT molecular complexity index is 521. The van der Waals surface area contributed by atoms with Crippen LogP contribution in [0.2, 0.25) is 5.02 Å². The van der Waals surface area contributed by atoms with Crippen molar-refractivity contribution in [3.63, 3.8) is 0 Å². The fourth-order valence-corrected chi connectivity index (χ4v) is 2.59. The van der Waals surface area contributed by atoms with Gasteiger partial charge >= 0.3 is 0 Å². The zero-order valence-electron chi connectivity index (χ0n) is 11.6. The first-order valence-electron chi connectivity index (χ1n) is 6.77. The van der Waals surface area contributed by atoms with Gasteiger partial charge in [0.05, 0.1) is 5.02 Å². The maximum Gasteiger partial charge on any atom is 0.246 e. The smallest absolute Gasteiger partial charge is 0.246 e. The van der Waals surface area contributed by atoms with Crippen LogP contribution in [-0.4, -0.2) is 33.8 Å². The van der Waals surface area contributed by atoms with Crippen molar-refractivity contribution in [2.24, 2.45) is 0 Å². The second kappa shape index (κ2) is 6.22. The number of carbonyl (C=O) groups is 2. The summed E-state index contributed by atoms with van der Waals surface area (Å²) in [6, 6.07) is 0.899. The summed E-state index contributed by atoms with van der Waals surface area (Å²) in [5.41, 5.74) is 0.804. The van der Waals surface area contributed by atoms with Gasteiger partial charge < -0.3 is 10.2 Å². The molecule has 20 heavy (non-hydrogen) atoms. The van der Waals surface area contributed by atoms with E-state index in [0.29, 0.717) is 24.4 Å². The molecule has 1 N–H and O–H groups in total. The second-order valence-electron chi connectivity index (χ2n) is 4.83. The molecule has 1 aliphatic heterocycles. The fraction of sp³-hybridized carbons (Fsp3) is 0.500. The van der Waals surface area contributed by atoms with Gasteiger partial charge in [0, 0.05) is 18.9 Å². The topological polar surface area (TPSA) is 62.3 Å². The SMILES string of the molecule is CCC1NC(=O)C(CC)N(Cc2ccncc2Cl)C1=O. The number of hydrogen-bond acceptors (Lipinski definition) is 3. The van der Waals surface area contributed by atoms with E-state index in [1.807, 2.05) is 13.8 Å². The van der Waals surface area contributed by atoms with Crippen LogP contribution in [-0.2, 0) is 16.1 Å². The number of amides is 2. The number of piperazine rings is 1. The molecule has 1 saturated heterocycles. The van der Waals surface area contributed by atoms with Crippen LogP contribution in [0.4, 0.5) is 0 Å². The minimum atomic E-state index is -0.439. The van der Waals surface area contributed by atoms with E-state index in [0.717, 1.165) is 5.56 Å². The number of rotatable bonds is 4. The van der Waals surface area contributed by atoms with Gasteiger partial charge in [-0.25, -0.2) is 0 Å². The highest BCUT2D eigenvalue weighted by Gasteiger charge is 2.38. The molecule has 1 aromatic rings. The van der Waals surface area contributed by atoms with Crippen molar-refractivity contribution < 1.29 is 9.59 Å². The number of nitrogens with zero attached hydrogens (tertiary/aromatic N) is 2.